The Balaban J connectivity index is 1.16. The Bertz CT molecular complexity index is 1280. The lowest BCUT2D eigenvalue weighted by molar-refractivity contribution is 0.516. The zero-order valence-electron chi connectivity index (χ0n) is 19.0. The molecule has 9 heteroatoms. The molecule has 0 unspecified atom stereocenters. The molecule has 4 aromatic rings. The van der Waals surface area contributed by atoms with Crippen molar-refractivity contribution in [1.82, 2.24) is 15.3 Å². The van der Waals surface area contributed by atoms with E-state index in [4.69, 9.17) is 28.2 Å². The van der Waals surface area contributed by atoms with Crippen LogP contribution in [0.1, 0.15) is 5.76 Å². The van der Waals surface area contributed by atoms with Crippen LogP contribution in [0.4, 0.5) is 17.5 Å². The van der Waals surface area contributed by atoms with Crippen molar-refractivity contribution in [3.63, 3.8) is 0 Å². The van der Waals surface area contributed by atoms with E-state index < -0.39 is 0 Å². The summed E-state index contributed by atoms with van der Waals surface area (Å²) in [7, 11) is 0. The molecule has 1 saturated heterocycles. The highest BCUT2D eigenvalue weighted by atomic mass is 35.5. The van der Waals surface area contributed by atoms with Gasteiger partial charge in [0.2, 0.25) is 5.95 Å². The third kappa shape index (κ3) is 5.90. The monoisotopic (exact) mass is 504 g/mol. The standard InChI is InChI=1S/C26H25ClN6OS/c27-23-17-24(33-15-13-32(14-16-33)20-9-5-2-6-10-20)30-25(29-23)31-26(35)28-18-21-11-12-22(34-21)19-7-3-1-4-8-19/h1-12,17H,13-16,18H2,(H2,28,29,30,31,35). The molecule has 2 aromatic heterocycles. The number of hydrogen-bond acceptors (Lipinski definition) is 6. The molecule has 1 fully saturated rings. The van der Waals surface area contributed by atoms with Crippen LogP contribution in [0.3, 0.4) is 0 Å². The molecule has 178 valence electrons. The molecule has 0 amide bonds. The van der Waals surface area contributed by atoms with E-state index in [1.54, 1.807) is 6.07 Å². The van der Waals surface area contributed by atoms with Gasteiger partial charge < -0.3 is 24.9 Å². The Hall–Kier alpha value is -3.62. The summed E-state index contributed by atoms with van der Waals surface area (Å²) in [5, 5.41) is 6.94. The number of piperazine rings is 1. The lowest BCUT2D eigenvalue weighted by Gasteiger charge is -2.36. The second-order valence-corrected chi connectivity index (χ2v) is 8.92. The van der Waals surface area contributed by atoms with E-state index in [9.17, 15) is 0 Å². The lowest BCUT2D eigenvalue weighted by Crippen LogP contribution is -2.46. The Morgan fingerprint density at radius 3 is 2.31 bits per heavy atom. The average Bonchev–Trinajstić information content (AvgIpc) is 3.38. The van der Waals surface area contributed by atoms with Gasteiger partial charge in [-0.05, 0) is 36.5 Å². The fourth-order valence-corrected chi connectivity index (χ4v) is 4.34. The van der Waals surface area contributed by atoms with E-state index in [2.05, 4.69) is 54.7 Å². The molecular formula is C26H25ClN6OS. The van der Waals surface area contributed by atoms with E-state index in [0.29, 0.717) is 22.8 Å². The number of hydrogen-bond donors (Lipinski definition) is 2. The first kappa shape index (κ1) is 23.1. The first-order chi connectivity index (χ1) is 17.1. The van der Waals surface area contributed by atoms with Crippen molar-refractivity contribution in [2.75, 3.05) is 41.3 Å². The molecule has 5 rings (SSSR count). The predicted octanol–water partition coefficient (Wildman–Crippen LogP) is 5.20. The van der Waals surface area contributed by atoms with Crippen molar-refractivity contribution in [3.05, 3.63) is 89.8 Å². The number of nitrogens with one attached hydrogen (secondary N) is 2. The van der Waals surface area contributed by atoms with Gasteiger partial charge in [0.05, 0.1) is 6.54 Å². The molecule has 1 aliphatic rings. The number of benzene rings is 2. The van der Waals surface area contributed by atoms with Crippen LogP contribution in [0.5, 0.6) is 0 Å². The maximum atomic E-state index is 6.30. The van der Waals surface area contributed by atoms with Gasteiger partial charge in [-0.25, -0.2) is 4.98 Å². The minimum Gasteiger partial charge on any atom is -0.459 e. The van der Waals surface area contributed by atoms with Gasteiger partial charge in [0.1, 0.15) is 22.5 Å². The number of para-hydroxylation sites is 1. The molecule has 35 heavy (non-hydrogen) atoms. The molecule has 0 atom stereocenters. The van der Waals surface area contributed by atoms with E-state index in [0.717, 1.165) is 49.1 Å². The highest BCUT2D eigenvalue weighted by molar-refractivity contribution is 7.80. The van der Waals surface area contributed by atoms with Gasteiger partial charge in [-0.3, -0.25) is 0 Å². The summed E-state index contributed by atoms with van der Waals surface area (Å²) in [6.07, 6.45) is 0. The topological polar surface area (TPSA) is 69.5 Å². The smallest absolute Gasteiger partial charge is 0.232 e. The van der Waals surface area contributed by atoms with Gasteiger partial charge in [0.15, 0.2) is 5.11 Å². The summed E-state index contributed by atoms with van der Waals surface area (Å²) in [6, 6.07) is 26.1. The molecule has 7 nitrogen and oxygen atoms in total. The lowest BCUT2D eigenvalue weighted by atomic mass is 10.2. The van der Waals surface area contributed by atoms with Crippen molar-refractivity contribution < 1.29 is 4.42 Å². The molecule has 0 bridgehead atoms. The first-order valence-corrected chi connectivity index (χ1v) is 12.2. The van der Waals surface area contributed by atoms with Crippen LogP contribution in [-0.2, 0) is 6.54 Å². The molecule has 0 spiro atoms. The predicted molar refractivity (Wildman–Crippen MR) is 145 cm³/mol. The highest BCUT2D eigenvalue weighted by Gasteiger charge is 2.19. The minimum absolute atomic E-state index is 0.361. The van der Waals surface area contributed by atoms with Gasteiger partial charge in [0, 0.05) is 43.5 Å². The normalized spacial score (nSPS) is 13.5. The van der Waals surface area contributed by atoms with Crippen molar-refractivity contribution in [2.24, 2.45) is 0 Å². The summed E-state index contributed by atoms with van der Waals surface area (Å²) < 4.78 is 5.92. The van der Waals surface area contributed by atoms with Gasteiger partial charge >= 0.3 is 0 Å². The zero-order chi connectivity index (χ0) is 24.0. The van der Waals surface area contributed by atoms with Crippen molar-refractivity contribution in [1.29, 1.82) is 0 Å². The number of furan rings is 1. The van der Waals surface area contributed by atoms with E-state index in [1.165, 1.54) is 5.69 Å². The molecule has 0 radical (unpaired) electrons. The maximum Gasteiger partial charge on any atom is 0.232 e. The Labute approximate surface area is 214 Å². The third-order valence-corrected chi connectivity index (χ3v) is 6.21. The molecule has 0 aliphatic carbocycles. The second-order valence-electron chi connectivity index (χ2n) is 8.12. The van der Waals surface area contributed by atoms with Gasteiger partial charge in [-0.2, -0.15) is 4.98 Å². The number of nitrogens with zero attached hydrogens (tertiary/aromatic N) is 4. The number of rotatable bonds is 6. The fourth-order valence-electron chi connectivity index (χ4n) is 4.00. The van der Waals surface area contributed by atoms with Crippen molar-refractivity contribution in [3.8, 4) is 11.3 Å². The molecule has 2 aromatic carbocycles. The highest BCUT2D eigenvalue weighted by Crippen LogP contribution is 2.23. The van der Waals surface area contributed by atoms with Crippen molar-refractivity contribution >= 4 is 46.4 Å². The summed E-state index contributed by atoms with van der Waals surface area (Å²) in [5.41, 5.74) is 2.27. The summed E-state index contributed by atoms with van der Waals surface area (Å²) >= 11 is 11.7. The van der Waals surface area contributed by atoms with Crippen LogP contribution >= 0.6 is 23.8 Å². The SMILES string of the molecule is S=C(NCc1ccc(-c2ccccc2)o1)Nc1nc(Cl)cc(N2CCN(c3ccccc3)CC2)n1. The molecule has 3 heterocycles. The van der Waals surface area contributed by atoms with Crippen LogP contribution in [0.25, 0.3) is 11.3 Å². The van der Waals surface area contributed by atoms with Crippen LogP contribution in [0.15, 0.2) is 83.3 Å². The Kier molecular flexibility index (Phi) is 7.11. The molecule has 1 aliphatic heterocycles. The van der Waals surface area contributed by atoms with E-state index in [1.807, 2.05) is 48.5 Å². The Morgan fingerprint density at radius 1 is 0.886 bits per heavy atom. The maximum absolute atomic E-state index is 6.30. The van der Waals surface area contributed by atoms with Crippen molar-refractivity contribution in [2.45, 2.75) is 6.54 Å². The number of thiocarbonyl (C=S) groups is 1. The van der Waals surface area contributed by atoms with Crippen LogP contribution < -0.4 is 20.4 Å². The summed E-state index contributed by atoms with van der Waals surface area (Å²) in [4.78, 5) is 13.5. The quantitative estimate of drug-likeness (QED) is 0.274. The van der Waals surface area contributed by atoms with Crippen LogP contribution in [0.2, 0.25) is 5.15 Å². The average molecular weight is 505 g/mol. The molecule has 2 N–H and O–H groups in total. The summed E-state index contributed by atoms with van der Waals surface area (Å²) in [5.74, 6) is 2.73. The van der Waals surface area contributed by atoms with E-state index in [-0.39, 0.29) is 0 Å². The third-order valence-electron chi connectivity index (χ3n) is 5.77. The van der Waals surface area contributed by atoms with Gasteiger partial charge in [0.25, 0.3) is 0 Å². The molecule has 0 saturated carbocycles. The molecular weight excluding hydrogens is 480 g/mol. The summed E-state index contributed by atoms with van der Waals surface area (Å²) in [6.45, 7) is 3.93. The number of halogens is 1. The van der Waals surface area contributed by atoms with E-state index >= 15 is 0 Å². The Morgan fingerprint density at radius 2 is 1.57 bits per heavy atom. The second kappa shape index (κ2) is 10.8. The largest absolute Gasteiger partial charge is 0.459 e. The van der Waals surface area contributed by atoms with Crippen LogP contribution in [-0.4, -0.2) is 41.3 Å². The van der Waals surface area contributed by atoms with Gasteiger partial charge in [-0.15, -0.1) is 0 Å². The fraction of sp³-hybridized carbons (Fsp3) is 0.192. The number of aromatic nitrogens is 2. The zero-order valence-corrected chi connectivity index (χ0v) is 20.6. The van der Waals surface area contributed by atoms with Crippen LogP contribution in [0, 0.1) is 0 Å². The van der Waals surface area contributed by atoms with Gasteiger partial charge in [-0.1, -0.05) is 60.1 Å². The minimum atomic E-state index is 0.361. The first-order valence-electron chi connectivity index (χ1n) is 11.4. The number of anilines is 3.